The zero-order chi connectivity index (χ0) is 18.0. The molecule has 0 atom stereocenters. The van der Waals surface area contributed by atoms with E-state index in [2.05, 4.69) is 43.8 Å². The topological polar surface area (TPSA) is 59.3 Å². The maximum atomic E-state index is 12.5. The number of amides is 1. The number of carbonyl (C=O) groups is 1. The molecule has 0 unspecified atom stereocenters. The molecule has 1 amide bonds. The second-order valence-electron chi connectivity index (χ2n) is 5.35. The van der Waals surface area contributed by atoms with Crippen LogP contribution in [0.3, 0.4) is 0 Å². The molecule has 0 aliphatic heterocycles. The Labute approximate surface area is 160 Å². The van der Waals surface area contributed by atoms with Gasteiger partial charge in [0.1, 0.15) is 11.1 Å². The first kappa shape index (κ1) is 17.6. The van der Waals surface area contributed by atoms with Crippen LogP contribution in [0.1, 0.15) is 15.9 Å². The molecule has 0 fully saturated rings. The molecule has 1 N–H and O–H groups in total. The fourth-order valence-electron chi connectivity index (χ4n) is 2.46. The monoisotopic (exact) mass is 461 g/mol. The van der Waals surface area contributed by atoms with Gasteiger partial charge in [0, 0.05) is 14.3 Å². The molecule has 0 bridgehead atoms. The molecule has 1 aromatic heterocycles. The van der Waals surface area contributed by atoms with E-state index in [1.807, 2.05) is 12.1 Å². The average molecular weight is 463 g/mol. The Balaban J connectivity index is 2.00. The molecule has 0 radical (unpaired) electrons. The summed E-state index contributed by atoms with van der Waals surface area (Å²) in [4.78, 5) is 24.8. The normalized spacial score (nSPS) is 10.6. The van der Waals surface area contributed by atoms with Gasteiger partial charge in [0.25, 0.3) is 5.91 Å². The number of fused-ring (bicyclic) bond motifs is 1. The quantitative estimate of drug-likeness (QED) is 0.422. The molecule has 4 nitrogen and oxygen atoms in total. The molecular formula is C19H13Br2NO3. The van der Waals surface area contributed by atoms with Gasteiger partial charge in [0.2, 0.25) is 0 Å². The molecule has 0 saturated carbocycles. The van der Waals surface area contributed by atoms with Crippen LogP contribution in [-0.2, 0) is 6.42 Å². The third-order valence-electron chi connectivity index (χ3n) is 3.63. The summed E-state index contributed by atoms with van der Waals surface area (Å²) in [5, 5.41) is 3.41. The van der Waals surface area contributed by atoms with Crippen molar-refractivity contribution in [2.24, 2.45) is 0 Å². The van der Waals surface area contributed by atoms with Gasteiger partial charge in [0.15, 0.2) is 0 Å². The van der Waals surface area contributed by atoms with Crippen LogP contribution in [0.15, 0.2) is 73.3 Å². The first-order chi connectivity index (χ1) is 12.0. The number of nitrogens with one attached hydrogen (secondary N) is 1. The summed E-state index contributed by atoms with van der Waals surface area (Å²) in [6, 6.07) is 12.4. The molecule has 0 aliphatic carbocycles. The molecule has 0 spiro atoms. The van der Waals surface area contributed by atoms with Crippen LogP contribution in [0, 0.1) is 0 Å². The average Bonchev–Trinajstić information content (AvgIpc) is 2.57. The Hall–Kier alpha value is -2.18. The second kappa shape index (κ2) is 7.37. The van der Waals surface area contributed by atoms with Crippen molar-refractivity contribution in [2.45, 2.75) is 6.42 Å². The Bertz CT molecular complexity index is 1040. The van der Waals surface area contributed by atoms with E-state index in [1.54, 1.807) is 36.4 Å². The number of rotatable bonds is 4. The van der Waals surface area contributed by atoms with Crippen LogP contribution in [0.25, 0.3) is 11.0 Å². The fraction of sp³-hybridized carbons (Fsp3) is 0.0526. The number of carbonyl (C=O) groups excluding carboxylic acids is 1. The van der Waals surface area contributed by atoms with Gasteiger partial charge < -0.3 is 9.73 Å². The van der Waals surface area contributed by atoms with Crippen molar-refractivity contribution in [3.63, 3.8) is 0 Å². The fourth-order valence-corrected chi connectivity index (χ4v) is 3.61. The summed E-state index contributed by atoms with van der Waals surface area (Å²) in [5.74, 6) is -0.521. The lowest BCUT2D eigenvalue weighted by atomic mass is 10.1. The number of halogens is 2. The molecule has 126 valence electrons. The lowest BCUT2D eigenvalue weighted by Crippen LogP contribution is -2.21. The van der Waals surface area contributed by atoms with Crippen molar-refractivity contribution in [3.8, 4) is 0 Å². The van der Waals surface area contributed by atoms with E-state index in [0.29, 0.717) is 27.6 Å². The largest absolute Gasteiger partial charge is 0.422 e. The first-order valence-corrected chi connectivity index (χ1v) is 9.01. The number of hydrogen-bond donors (Lipinski definition) is 1. The molecule has 1 heterocycles. The summed E-state index contributed by atoms with van der Waals surface area (Å²) in [7, 11) is 0. The van der Waals surface area contributed by atoms with Crippen molar-refractivity contribution >= 4 is 54.4 Å². The lowest BCUT2D eigenvalue weighted by Gasteiger charge is -2.08. The Morgan fingerprint density at radius 1 is 1.20 bits per heavy atom. The molecule has 6 heteroatoms. The van der Waals surface area contributed by atoms with Gasteiger partial charge in [-0.3, -0.25) is 4.79 Å². The Morgan fingerprint density at radius 3 is 2.72 bits per heavy atom. The summed E-state index contributed by atoms with van der Waals surface area (Å²) < 4.78 is 6.98. The van der Waals surface area contributed by atoms with Gasteiger partial charge >= 0.3 is 5.63 Å². The second-order valence-corrected chi connectivity index (χ2v) is 7.12. The summed E-state index contributed by atoms with van der Waals surface area (Å²) >= 11 is 6.73. The highest BCUT2D eigenvalue weighted by Crippen LogP contribution is 2.27. The molecular weight excluding hydrogens is 450 g/mol. The van der Waals surface area contributed by atoms with E-state index >= 15 is 0 Å². The van der Waals surface area contributed by atoms with Crippen molar-refractivity contribution in [2.75, 3.05) is 5.32 Å². The van der Waals surface area contributed by atoms with E-state index in [1.165, 1.54) is 0 Å². The van der Waals surface area contributed by atoms with Gasteiger partial charge in [-0.2, -0.15) is 0 Å². The minimum absolute atomic E-state index is 0.0435. The lowest BCUT2D eigenvalue weighted by molar-refractivity contribution is 0.102. The zero-order valence-electron chi connectivity index (χ0n) is 13.0. The third-order valence-corrected chi connectivity index (χ3v) is 4.78. The highest BCUT2D eigenvalue weighted by atomic mass is 79.9. The maximum Gasteiger partial charge on any atom is 0.349 e. The van der Waals surface area contributed by atoms with E-state index in [9.17, 15) is 9.59 Å². The number of allylic oxidation sites excluding steroid dienone is 1. The molecule has 3 rings (SSSR count). The van der Waals surface area contributed by atoms with Gasteiger partial charge in [-0.15, -0.1) is 6.58 Å². The standard InChI is InChI=1S/C19H13Br2NO3/c1-2-4-11-5-3-6-12-9-14(19(24)25-17(11)12)18(23)22-16-8-7-13(20)10-15(16)21/h2-3,5-10H,1,4H2,(H,22,23). The summed E-state index contributed by atoms with van der Waals surface area (Å²) in [6.45, 7) is 3.70. The molecule has 25 heavy (non-hydrogen) atoms. The van der Waals surface area contributed by atoms with Crippen molar-refractivity contribution in [3.05, 3.63) is 85.6 Å². The smallest absolute Gasteiger partial charge is 0.349 e. The Morgan fingerprint density at radius 2 is 2.00 bits per heavy atom. The molecule has 0 aliphatic rings. The van der Waals surface area contributed by atoms with Crippen LogP contribution in [0.4, 0.5) is 5.69 Å². The van der Waals surface area contributed by atoms with Crippen LogP contribution in [-0.4, -0.2) is 5.91 Å². The predicted octanol–water partition coefficient (Wildman–Crippen LogP) is 5.30. The van der Waals surface area contributed by atoms with Crippen molar-refractivity contribution in [1.29, 1.82) is 0 Å². The Kier molecular flexibility index (Phi) is 5.20. The van der Waals surface area contributed by atoms with Crippen LogP contribution >= 0.6 is 31.9 Å². The number of benzene rings is 2. The molecule has 0 saturated heterocycles. The minimum atomic E-state index is -0.672. The number of hydrogen-bond acceptors (Lipinski definition) is 3. The van der Waals surface area contributed by atoms with Gasteiger partial charge in [-0.1, -0.05) is 40.2 Å². The third kappa shape index (κ3) is 3.75. The minimum Gasteiger partial charge on any atom is -0.422 e. The van der Waals surface area contributed by atoms with Crippen molar-refractivity contribution in [1.82, 2.24) is 0 Å². The van der Waals surface area contributed by atoms with Crippen molar-refractivity contribution < 1.29 is 9.21 Å². The SMILES string of the molecule is C=CCc1cccc2cc(C(=O)Nc3ccc(Br)cc3Br)c(=O)oc12. The van der Waals surface area contributed by atoms with E-state index < -0.39 is 11.5 Å². The first-order valence-electron chi connectivity index (χ1n) is 7.42. The molecule has 3 aromatic rings. The maximum absolute atomic E-state index is 12.5. The summed E-state index contributed by atoms with van der Waals surface area (Å²) in [5.41, 5.74) is 1.18. The van der Waals surface area contributed by atoms with E-state index in [4.69, 9.17) is 4.42 Å². The van der Waals surface area contributed by atoms with E-state index in [0.717, 1.165) is 10.0 Å². The van der Waals surface area contributed by atoms with Crippen LogP contribution in [0.2, 0.25) is 0 Å². The number of anilines is 1. The van der Waals surface area contributed by atoms with E-state index in [-0.39, 0.29) is 5.56 Å². The highest BCUT2D eigenvalue weighted by Gasteiger charge is 2.16. The number of para-hydroxylation sites is 1. The summed E-state index contributed by atoms with van der Waals surface area (Å²) in [6.07, 6.45) is 2.32. The zero-order valence-corrected chi connectivity index (χ0v) is 16.2. The van der Waals surface area contributed by atoms with Gasteiger partial charge in [-0.25, -0.2) is 4.79 Å². The van der Waals surface area contributed by atoms with Gasteiger partial charge in [0.05, 0.1) is 5.69 Å². The highest BCUT2D eigenvalue weighted by molar-refractivity contribution is 9.11. The predicted molar refractivity (Wildman–Crippen MR) is 106 cm³/mol. The molecule has 2 aromatic carbocycles. The van der Waals surface area contributed by atoms with Crippen LogP contribution < -0.4 is 10.9 Å². The van der Waals surface area contributed by atoms with Gasteiger partial charge in [-0.05, 0) is 52.2 Å². The van der Waals surface area contributed by atoms with Crippen LogP contribution in [0.5, 0.6) is 0 Å².